The Morgan fingerprint density at radius 1 is 1.06 bits per heavy atom. The Hall–Kier alpha value is -3.91. The van der Waals surface area contributed by atoms with E-state index in [0.717, 1.165) is 28.3 Å². The summed E-state index contributed by atoms with van der Waals surface area (Å²) >= 11 is 6.03. The van der Waals surface area contributed by atoms with Gasteiger partial charge >= 0.3 is 0 Å². The molecular formula is C24H20ClN5O3. The normalized spacial score (nSPS) is 12.8. The predicted octanol–water partition coefficient (Wildman–Crippen LogP) is 5.00. The number of benzene rings is 2. The molecule has 9 heteroatoms. The molecule has 0 fully saturated rings. The van der Waals surface area contributed by atoms with Crippen LogP contribution in [0.25, 0.3) is 11.5 Å². The topological polar surface area (TPSA) is 86.2 Å². The number of rotatable bonds is 4. The van der Waals surface area contributed by atoms with Crippen LogP contribution in [0.1, 0.15) is 32.7 Å². The van der Waals surface area contributed by atoms with Gasteiger partial charge in [0.05, 0.1) is 29.4 Å². The molecule has 0 N–H and O–H groups in total. The Labute approximate surface area is 194 Å². The SMILES string of the molecule is Cc1ccc(-n2nc3c(c2-n2cccc2)CN(C(=O)c2cc(Cl)ccc2[N+](=O)[O-])C3)cc1C. The van der Waals surface area contributed by atoms with Crippen molar-refractivity contribution >= 4 is 23.2 Å². The Kier molecular flexibility index (Phi) is 5.02. The molecule has 1 aliphatic heterocycles. The standard InChI is InChI=1S/C24H20ClN5O3/c1-15-5-7-18(11-16(15)2)29-23(27-9-3-4-10-27)20-13-28(14-21(20)26-29)24(31)19-12-17(25)6-8-22(19)30(32)33/h3-12H,13-14H2,1-2H3. The Balaban J connectivity index is 1.56. The van der Waals surface area contributed by atoms with E-state index in [4.69, 9.17) is 16.7 Å². The van der Waals surface area contributed by atoms with Crippen molar-refractivity contribution in [1.82, 2.24) is 19.2 Å². The lowest BCUT2D eigenvalue weighted by Crippen LogP contribution is -2.27. The number of carbonyl (C=O) groups is 1. The highest BCUT2D eigenvalue weighted by Gasteiger charge is 2.34. The molecule has 1 amide bonds. The minimum Gasteiger partial charge on any atom is -0.328 e. The highest BCUT2D eigenvalue weighted by molar-refractivity contribution is 6.31. The fraction of sp³-hybridized carbons (Fsp3) is 0.167. The zero-order chi connectivity index (χ0) is 23.3. The van der Waals surface area contributed by atoms with Crippen LogP contribution < -0.4 is 0 Å². The van der Waals surface area contributed by atoms with Gasteiger partial charge in [0.2, 0.25) is 0 Å². The van der Waals surface area contributed by atoms with E-state index in [0.29, 0.717) is 0 Å². The van der Waals surface area contributed by atoms with E-state index < -0.39 is 10.8 Å². The van der Waals surface area contributed by atoms with Gasteiger partial charge in [-0.05, 0) is 61.4 Å². The monoisotopic (exact) mass is 461 g/mol. The van der Waals surface area contributed by atoms with Crippen LogP contribution in [0.15, 0.2) is 60.9 Å². The average molecular weight is 462 g/mol. The molecule has 1 aliphatic rings. The summed E-state index contributed by atoms with van der Waals surface area (Å²) in [5, 5.41) is 16.6. The van der Waals surface area contributed by atoms with Gasteiger partial charge in [-0.1, -0.05) is 17.7 Å². The molecule has 0 bridgehead atoms. The fourth-order valence-corrected chi connectivity index (χ4v) is 4.31. The summed E-state index contributed by atoms with van der Waals surface area (Å²) in [6.45, 7) is 4.66. The minimum absolute atomic E-state index is 0.0257. The fourth-order valence-electron chi connectivity index (χ4n) is 4.13. The van der Waals surface area contributed by atoms with Crippen molar-refractivity contribution < 1.29 is 9.72 Å². The maximum Gasteiger partial charge on any atom is 0.282 e. The smallest absolute Gasteiger partial charge is 0.282 e. The molecule has 0 spiro atoms. The summed E-state index contributed by atoms with van der Waals surface area (Å²) in [5.41, 5.74) is 4.66. The quantitative estimate of drug-likeness (QED) is 0.316. The van der Waals surface area contributed by atoms with E-state index in [2.05, 4.69) is 26.0 Å². The van der Waals surface area contributed by atoms with E-state index in [-0.39, 0.29) is 29.4 Å². The van der Waals surface area contributed by atoms with E-state index in [9.17, 15) is 14.9 Å². The number of nitro benzene ring substituents is 1. The molecule has 0 atom stereocenters. The van der Waals surface area contributed by atoms with Crippen LogP contribution in [-0.4, -0.2) is 30.1 Å². The number of nitro groups is 1. The molecule has 0 unspecified atom stereocenters. The van der Waals surface area contributed by atoms with E-state index in [1.54, 1.807) is 4.90 Å². The number of hydrogen-bond acceptors (Lipinski definition) is 4. The molecule has 5 rings (SSSR count). The summed E-state index contributed by atoms with van der Waals surface area (Å²) in [4.78, 5) is 25.7. The molecule has 33 heavy (non-hydrogen) atoms. The van der Waals surface area contributed by atoms with Crippen LogP contribution >= 0.6 is 11.6 Å². The molecule has 2 aromatic heterocycles. The largest absolute Gasteiger partial charge is 0.328 e. The van der Waals surface area contributed by atoms with Crippen LogP contribution in [0, 0.1) is 24.0 Å². The highest BCUT2D eigenvalue weighted by Crippen LogP contribution is 2.33. The number of nitrogens with zero attached hydrogens (tertiary/aromatic N) is 5. The third-order valence-electron chi connectivity index (χ3n) is 5.99. The first-order valence-corrected chi connectivity index (χ1v) is 10.8. The number of fused-ring (bicyclic) bond motifs is 1. The van der Waals surface area contributed by atoms with Gasteiger partial charge in [-0.25, -0.2) is 4.68 Å². The van der Waals surface area contributed by atoms with Crippen molar-refractivity contribution in [2.75, 3.05) is 0 Å². The molecule has 0 radical (unpaired) electrons. The van der Waals surface area contributed by atoms with Gasteiger partial charge < -0.3 is 9.47 Å². The third-order valence-corrected chi connectivity index (χ3v) is 6.22. The first-order valence-electron chi connectivity index (χ1n) is 10.4. The summed E-state index contributed by atoms with van der Waals surface area (Å²) in [6, 6.07) is 14.0. The number of aromatic nitrogens is 3. The van der Waals surface area contributed by atoms with Crippen LogP contribution in [0.4, 0.5) is 5.69 Å². The molecule has 2 aromatic carbocycles. The summed E-state index contributed by atoms with van der Waals surface area (Å²) in [7, 11) is 0. The van der Waals surface area contributed by atoms with Gasteiger partial charge in [0.1, 0.15) is 11.4 Å². The maximum absolute atomic E-state index is 13.2. The first-order chi connectivity index (χ1) is 15.8. The van der Waals surface area contributed by atoms with Gasteiger partial charge in [-0.3, -0.25) is 14.9 Å². The predicted molar refractivity (Wildman–Crippen MR) is 124 cm³/mol. The first kappa shape index (κ1) is 21.0. The maximum atomic E-state index is 13.2. The van der Waals surface area contributed by atoms with Crippen LogP contribution in [0.5, 0.6) is 0 Å². The van der Waals surface area contributed by atoms with Crippen molar-refractivity contribution in [1.29, 1.82) is 0 Å². The molecular weight excluding hydrogens is 442 g/mol. The summed E-state index contributed by atoms with van der Waals surface area (Å²) in [6.07, 6.45) is 3.86. The van der Waals surface area contributed by atoms with E-state index in [1.165, 1.54) is 23.8 Å². The van der Waals surface area contributed by atoms with E-state index in [1.807, 2.05) is 39.8 Å². The molecule has 4 aromatic rings. The zero-order valence-electron chi connectivity index (χ0n) is 18.0. The second kappa shape index (κ2) is 7.90. The Bertz CT molecular complexity index is 1410. The zero-order valence-corrected chi connectivity index (χ0v) is 18.8. The second-order valence-corrected chi connectivity index (χ2v) is 8.54. The average Bonchev–Trinajstić information content (AvgIpc) is 3.51. The van der Waals surface area contributed by atoms with Gasteiger partial charge in [0, 0.05) is 29.0 Å². The van der Waals surface area contributed by atoms with Gasteiger partial charge in [0.25, 0.3) is 11.6 Å². The summed E-state index contributed by atoms with van der Waals surface area (Å²) < 4.78 is 3.86. The molecule has 8 nitrogen and oxygen atoms in total. The van der Waals surface area contributed by atoms with Crippen LogP contribution in [-0.2, 0) is 13.1 Å². The third kappa shape index (κ3) is 3.58. The van der Waals surface area contributed by atoms with E-state index >= 15 is 0 Å². The van der Waals surface area contributed by atoms with Crippen molar-refractivity contribution in [3.8, 4) is 11.5 Å². The van der Waals surface area contributed by atoms with Gasteiger partial charge in [-0.15, -0.1) is 0 Å². The number of halogens is 1. The minimum atomic E-state index is -0.566. The lowest BCUT2D eigenvalue weighted by molar-refractivity contribution is -0.385. The number of carbonyl (C=O) groups excluding carboxylic acids is 1. The molecule has 3 heterocycles. The van der Waals surface area contributed by atoms with Crippen molar-refractivity contribution in [2.24, 2.45) is 0 Å². The van der Waals surface area contributed by atoms with Gasteiger partial charge in [0.15, 0.2) is 0 Å². The summed E-state index contributed by atoms with van der Waals surface area (Å²) in [5.74, 6) is 0.396. The highest BCUT2D eigenvalue weighted by atomic mass is 35.5. The Morgan fingerprint density at radius 3 is 2.52 bits per heavy atom. The van der Waals surface area contributed by atoms with Crippen molar-refractivity contribution in [3.05, 3.63) is 104 Å². The number of hydrogen-bond donors (Lipinski definition) is 0. The number of aryl methyl sites for hydroxylation is 2. The van der Waals surface area contributed by atoms with Crippen molar-refractivity contribution in [3.63, 3.8) is 0 Å². The number of amides is 1. The van der Waals surface area contributed by atoms with Crippen LogP contribution in [0.3, 0.4) is 0 Å². The second-order valence-electron chi connectivity index (χ2n) is 8.10. The molecule has 0 saturated carbocycles. The lowest BCUT2D eigenvalue weighted by atomic mass is 10.1. The molecule has 0 aliphatic carbocycles. The Morgan fingerprint density at radius 2 is 1.82 bits per heavy atom. The molecule has 166 valence electrons. The van der Waals surface area contributed by atoms with Crippen LogP contribution in [0.2, 0.25) is 5.02 Å². The van der Waals surface area contributed by atoms with Gasteiger partial charge in [-0.2, -0.15) is 5.10 Å². The lowest BCUT2D eigenvalue weighted by Gasteiger charge is -2.18. The van der Waals surface area contributed by atoms with Crippen molar-refractivity contribution in [2.45, 2.75) is 26.9 Å². The molecule has 0 saturated heterocycles.